The summed E-state index contributed by atoms with van der Waals surface area (Å²) in [6, 6.07) is 2.53. The first-order chi connectivity index (χ1) is 8.06. The van der Waals surface area contributed by atoms with Gasteiger partial charge in [-0.15, -0.1) is 0 Å². The van der Waals surface area contributed by atoms with Crippen LogP contribution in [0.5, 0.6) is 0 Å². The lowest BCUT2D eigenvalue weighted by Gasteiger charge is -2.27. The van der Waals surface area contributed by atoms with Crippen LogP contribution in [0.3, 0.4) is 0 Å². The Labute approximate surface area is 99.7 Å². The summed E-state index contributed by atoms with van der Waals surface area (Å²) in [6.45, 7) is 1.54. The van der Waals surface area contributed by atoms with E-state index in [2.05, 4.69) is 5.32 Å². The van der Waals surface area contributed by atoms with Gasteiger partial charge in [-0.2, -0.15) is 0 Å². The van der Waals surface area contributed by atoms with Crippen LogP contribution >= 0.6 is 0 Å². The lowest BCUT2D eigenvalue weighted by Crippen LogP contribution is -2.28. The minimum Gasteiger partial charge on any atom is -0.393 e. The predicted octanol–water partition coefficient (Wildman–Crippen LogP) is 2.99. The summed E-state index contributed by atoms with van der Waals surface area (Å²) in [5.41, 5.74) is 0.529. The zero-order valence-electron chi connectivity index (χ0n) is 9.84. The highest BCUT2D eigenvalue weighted by molar-refractivity contribution is 5.47. The Bertz CT molecular complexity index is 401. The molecule has 0 bridgehead atoms. The van der Waals surface area contributed by atoms with Gasteiger partial charge in [0.1, 0.15) is 11.6 Å². The zero-order valence-corrected chi connectivity index (χ0v) is 9.84. The first-order valence-corrected chi connectivity index (χ1v) is 5.96. The number of nitrogens with one attached hydrogen (secondary N) is 1. The molecule has 0 aromatic heterocycles. The molecule has 1 aromatic rings. The molecule has 1 aliphatic carbocycles. The van der Waals surface area contributed by atoms with Crippen LogP contribution in [-0.4, -0.2) is 17.3 Å². The van der Waals surface area contributed by atoms with E-state index >= 15 is 0 Å². The molecule has 0 saturated heterocycles. The molecule has 2 rings (SSSR count). The molecule has 1 aromatic carbocycles. The van der Waals surface area contributed by atoms with Gasteiger partial charge >= 0.3 is 0 Å². The Balaban J connectivity index is 2.06. The van der Waals surface area contributed by atoms with Crippen molar-refractivity contribution in [3.63, 3.8) is 0 Å². The summed E-state index contributed by atoms with van der Waals surface area (Å²) in [5, 5.41) is 12.4. The number of aryl methyl sites for hydroxylation is 1. The smallest absolute Gasteiger partial charge is 0.146 e. The first-order valence-electron chi connectivity index (χ1n) is 5.96. The van der Waals surface area contributed by atoms with Gasteiger partial charge in [0.05, 0.1) is 11.8 Å². The minimum atomic E-state index is -0.421. The van der Waals surface area contributed by atoms with Crippen molar-refractivity contribution in [1.82, 2.24) is 0 Å². The third-order valence-electron chi connectivity index (χ3n) is 3.30. The van der Waals surface area contributed by atoms with Crippen LogP contribution in [0.25, 0.3) is 0 Å². The fourth-order valence-electron chi connectivity index (χ4n) is 2.20. The van der Waals surface area contributed by atoms with Crippen molar-refractivity contribution in [2.75, 3.05) is 5.32 Å². The predicted molar refractivity (Wildman–Crippen MR) is 63.0 cm³/mol. The van der Waals surface area contributed by atoms with E-state index in [1.165, 1.54) is 12.1 Å². The van der Waals surface area contributed by atoms with Crippen molar-refractivity contribution in [1.29, 1.82) is 0 Å². The maximum absolute atomic E-state index is 13.6. The van der Waals surface area contributed by atoms with Gasteiger partial charge in [0.25, 0.3) is 0 Å². The Morgan fingerprint density at radius 3 is 2.41 bits per heavy atom. The number of benzene rings is 1. The zero-order chi connectivity index (χ0) is 12.4. The fraction of sp³-hybridized carbons (Fsp3) is 0.538. The standard InChI is InChI=1S/C13H17F2NO/c1-8-6-12(15)13(7-11(8)14)16-9-2-4-10(17)5-3-9/h6-7,9-10,16-17H,2-5H2,1H3. The maximum atomic E-state index is 13.6. The highest BCUT2D eigenvalue weighted by Gasteiger charge is 2.20. The van der Waals surface area contributed by atoms with Crippen molar-refractivity contribution in [2.45, 2.75) is 44.8 Å². The topological polar surface area (TPSA) is 32.3 Å². The third-order valence-corrected chi connectivity index (χ3v) is 3.30. The highest BCUT2D eigenvalue weighted by Crippen LogP contribution is 2.25. The van der Waals surface area contributed by atoms with Gasteiger partial charge in [-0.3, -0.25) is 0 Å². The van der Waals surface area contributed by atoms with Gasteiger partial charge in [0.15, 0.2) is 0 Å². The van der Waals surface area contributed by atoms with Crippen LogP contribution in [0.15, 0.2) is 12.1 Å². The number of anilines is 1. The van der Waals surface area contributed by atoms with Crippen molar-refractivity contribution in [2.24, 2.45) is 0 Å². The molecule has 0 spiro atoms. The second kappa shape index (κ2) is 5.00. The van der Waals surface area contributed by atoms with Crippen LogP contribution in [-0.2, 0) is 0 Å². The molecule has 0 unspecified atom stereocenters. The number of hydrogen-bond donors (Lipinski definition) is 2. The molecule has 0 atom stereocenters. The van der Waals surface area contributed by atoms with E-state index in [9.17, 15) is 13.9 Å². The SMILES string of the molecule is Cc1cc(F)c(NC2CCC(O)CC2)cc1F. The molecule has 0 radical (unpaired) electrons. The van der Waals surface area contributed by atoms with Crippen LogP contribution in [0.1, 0.15) is 31.2 Å². The molecular formula is C13H17F2NO. The number of rotatable bonds is 2. The third kappa shape index (κ3) is 2.94. The molecule has 1 aliphatic rings. The Hall–Kier alpha value is -1.16. The lowest BCUT2D eigenvalue weighted by molar-refractivity contribution is 0.126. The van der Waals surface area contributed by atoms with Crippen LogP contribution < -0.4 is 5.32 Å². The van der Waals surface area contributed by atoms with E-state index in [0.717, 1.165) is 12.8 Å². The average Bonchev–Trinajstić information content (AvgIpc) is 2.29. The average molecular weight is 241 g/mol. The van der Waals surface area contributed by atoms with Crippen molar-refractivity contribution in [3.05, 3.63) is 29.3 Å². The van der Waals surface area contributed by atoms with E-state index in [0.29, 0.717) is 18.4 Å². The van der Waals surface area contributed by atoms with E-state index in [1.807, 2.05) is 0 Å². The molecule has 17 heavy (non-hydrogen) atoms. The summed E-state index contributed by atoms with van der Waals surface area (Å²) in [6.07, 6.45) is 2.76. The first kappa shape index (κ1) is 12.3. The largest absolute Gasteiger partial charge is 0.393 e. The molecule has 4 heteroatoms. The van der Waals surface area contributed by atoms with Gasteiger partial charge < -0.3 is 10.4 Å². The molecule has 94 valence electrons. The summed E-state index contributed by atoms with van der Waals surface area (Å²) < 4.78 is 26.9. The maximum Gasteiger partial charge on any atom is 0.146 e. The Kier molecular flexibility index (Phi) is 3.62. The van der Waals surface area contributed by atoms with Crippen LogP contribution in [0.2, 0.25) is 0 Å². The second-order valence-corrected chi connectivity index (χ2v) is 4.73. The van der Waals surface area contributed by atoms with Crippen LogP contribution in [0, 0.1) is 18.6 Å². The summed E-state index contributed by atoms with van der Waals surface area (Å²) >= 11 is 0. The van der Waals surface area contributed by atoms with E-state index in [-0.39, 0.29) is 17.8 Å². The molecule has 2 nitrogen and oxygen atoms in total. The molecule has 2 N–H and O–H groups in total. The number of aliphatic hydroxyl groups is 1. The minimum absolute atomic E-state index is 0.120. The quantitative estimate of drug-likeness (QED) is 0.834. The second-order valence-electron chi connectivity index (χ2n) is 4.73. The normalized spacial score (nSPS) is 24.7. The fourth-order valence-corrected chi connectivity index (χ4v) is 2.20. The monoisotopic (exact) mass is 241 g/mol. The number of hydrogen-bond acceptors (Lipinski definition) is 2. The Morgan fingerprint density at radius 2 is 1.76 bits per heavy atom. The highest BCUT2D eigenvalue weighted by atomic mass is 19.1. The number of aliphatic hydroxyl groups excluding tert-OH is 1. The van der Waals surface area contributed by atoms with E-state index in [4.69, 9.17) is 0 Å². The summed E-state index contributed by atoms with van der Waals surface area (Å²) in [5.74, 6) is -0.820. The molecule has 1 saturated carbocycles. The lowest BCUT2D eigenvalue weighted by atomic mass is 9.93. The van der Waals surface area contributed by atoms with Crippen molar-refractivity contribution >= 4 is 5.69 Å². The van der Waals surface area contributed by atoms with E-state index in [1.54, 1.807) is 6.92 Å². The molecule has 0 amide bonds. The molecule has 0 heterocycles. The molecule has 0 aliphatic heterocycles. The van der Waals surface area contributed by atoms with Crippen molar-refractivity contribution < 1.29 is 13.9 Å². The van der Waals surface area contributed by atoms with Gasteiger partial charge in [-0.25, -0.2) is 8.78 Å². The van der Waals surface area contributed by atoms with Gasteiger partial charge in [-0.1, -0.05) is 0 Å². The molecular weight excluding hydrogens is 224 g/mol. The molecule has 1 fully saturated rings. The number of halogens is 2. The van der Waals surface area contributed by atoms with Gasteiger partial charge in [-0.05, 0) is 44.2 Å². The van der Waals surface area contributed by atoms with Crippen molar-refractivity contribution in [3.8, 4) is 0 Å². The van der Waals surface area contributed by atoms with Crippen LogP contribution in [0.4, 0.5) is 14.5 Å². The Morgan fingerprint density at radius 1 is 1.12 bits per heavy atom. The van der Waals surface area contributed by atoms with Gasteiger partial charge in [0, 0.05) is 12.1 Å². The van der Waals surface area contributed by atoms with E-state index < -0.39 is 11.6 Å². The van der Waals surface area contributed by atoms with Gasteiger partial charge in [0.2, 0.25) is 0 Å². The summed E-state index contributed by atoms with van der Waals surface area (Å²) in [7, 11) is 0. The summed E-state index contributed by atoms with van der Waals surface area (Å²) in [4.78, 5) is 0.